The number of benzene rings is 1. The van der Waals surface area contributed by atoms with Gasteiger partial charge >= 0.3 is 0 Å². The average molecular weight is 281 g/mol. The number of hydrogen-bond acceptors (Lipinski definition) is 2. The highest BCUT2D eigenvalue weighted by Crippen LogP contribution is 2.38. The van der Waals surface area contributed by atoms with Crippen molar-refractivity contribution in [1.29, 1.82) is 0 Å². The summed E-state index contributed by atoms with van der Waals surface area (Å²) in [5.41, 5.74) is 4.29. The molecule has 0 spiro atoms. The molecule has 0 aromatic heterocycles. The van der Waals surface area contributed by atoms with E-state index in [4.69, 9.17) is 0 Å². The van der Waals surface area contributed by atoms with E-state index < -0.39 is 0 Å². The van der Waals surface area contributed by atoms with E-state index in [1.807, 2.05) is 0 Å². The van der Waals surface area contributed by atoms with Crippen molar-refractivity contribution in [3.8, 4) is 0 Å². The Bertz CT molecular complexity index is 430. The van der Waals surface area contributed by atoms with Gasteiger partial charge in [-0.05, 0) is 43.5 Å². The van der Waals surface area contributed by atoms with Gasteiger partial charge in [-0.3, -0.25) is 0 Å². The Hall–Kier alpha value is -0.540. The second-order valence-electron chi connectivity index (χ2n) is 5.00. The Kier molecular flexibility index (Phi) is 2.48. The van der Waals surface area contributed by atoms with Crippen LogP contribution >= 0.6 is 15.9 Å². The maximum atomic E-state index is 3.63. The summed E-state index contributed by atoms with van der Waals surface area (Å²) in [5.74, 6) is 0. The van der Waals surface area contributed by atoms with Gasteiger partial charge in [0.2, 0.25) is 0 Å². The Balaban J connectivity index is 2.06. The van der Waals surface area contributed by atoms with Crippen molar-refractivity contribution in [2.45, 2.75) is 32.4 Å². The highest BCUT2D eigenvalue weighted by molar-refractivity contribution is 9.10. The van der Waals surface area contributed by atoms with E-state index in [2.05, 4.69) is 52.1 Å². The summed E-state index contributed by atoms with van der Waals surface area (Å²) in [6.45, 7) is 6.71. The fraction of sp³-hybridized carbons (Fsp3) is 0.538. The van der Waals surface area contributed by atoms with Crippen molar-refractivity contribution in [2.75, 3.05) is 18.0 Å². The molecular weight excluding hydrogens is 264 g/mol. The normalized spacial score (nSPS) is 27.8. The predicted molar refractivity (Wildman–Crippen MR) is 71.2 cm³/mol. The lowest BCUT2D eigenvalue weighted by Crippen LogP contribution is -2.54. The molecule has 0 radical (unpaired) electrons. The number of anilines is 1. The minimum absolute atomic E-state index is 0.612. The lowest BCUT2D eigenvalue weighted by molar-refractivity contribution is 0.430. The van der Waals surface area contributed by atoms with Crippen molar-refractivity contribution < 1.29 is 0 Å². The first-order valence-electron chi connectivity index (χ1n) is 5.95. The Morgan fingerprint density at radius 1 is 1.38 bits per heavy atom. The Labute approximate surface area is 105 Å². The first kappa shape index (κ1) is 10.6. The highest BCUT2D eigenvalue weighted by Gasteiger charge is 2.35. The molecule has 2 heterocycles. The number of rotatable bonds is 0. The van der Waals surface area contributed by atoms with Crippen LogP contribution in [0.1, 0.15) is 18.1 Å². The van der Waals surface area contributed by atoms with Crippen LogP contribution in [-0.4, -0.2) is 25.2 Å². The van der Waals surface area contributed by atoms with Crippen molar-refractivity contribution >= 4 is 21.6 Å². The van der Waals surface area contributed by atoms with Crippen LogP contribution in [0.2, 0.25) is 0 Å². The molecule has 0 bridgehead atoms. The maximum absolute atomic E-state index is 3.63. The van der Waals surface area contributed by atoms with Gasteiger partial charge in [0.15, 0.2) is 0 Å². The molecule has 1 aromatic rings. The van der Waals surface area contributed by atoms with Crippen LogP contribution in [0, 0.1) is 6.92 Å². The quantitative estimate of drug-likeness (QED) is 0.786. The summed E-state index contributed by atoms with van der Waals surface area (Å²) in [5, 5.41) is 3.52. The van der Waals surface area contributed by atoms with Gasteiger partial charge in [0.05, 0.1) is 0 Å². The zero-order chi connectivity index (χ0) is 11.3. The van der Waals surface area contributed by atoms with Gasteiger partial charge in [0.25, 0.3) is 0 Å². The first-order chi connectivity index (χ1) is 7.66. The predicted octanol–water partition coefficient (Wildman–Crippen LogP) is 2.48. The largest absolute Gasteiger partial charge is 0.363 e. The minimum Gasteiger partial charge on any atom is -0.363 e. The molecule has 86 valence electrons. The van der Waals surface area contributed by atoms with E-state index in [1.54, 1.807) is 0 Å². The van der Waals surface area contributed by atoms with E-state index in [1.165, 1.54) is 27.7 Å². The number of nitrogens with one attached hydrogen (secondary N) is 1. The van der Waals surface area contributed by atoms with Gasteiger partial charge < -0.3 is 10.2 Å². The molecule has 0 unspecified atom stereocenters. The lowest BCUT2D eigenvalue weighted by Gasteiger charge is -2.38. The summed E-state index contributed by atoms with van der Waals surface area (Å²) >= 11 is 3.63. The monoisotopic (exact) mass is 280 g/mol. The number of aryl methyl sites for hydroxylation is 1. The third-order valence-corrected chi connectivity index (χ3v) is 4.64. The molecule has 3 rings (SSSR count). The van der Waals surface area contributed by atoms with E-state index in [-0.39, 0.29) is 0 Å². The smallest absolute Gasteiger partial charge is 0.0459 e. The zero-order valence-corrected chi connectivity index (χ0v) is 11.3. The van der Waals surface area contributed by atoms with Crippen molar-refractivity contribution in [2.24, 2.45) is 0 Å². The number of hydrogen-bond donors (Lipinski definition) is 1. The summed E-state index contributed by atoms with van der Waals surface area (Å²) < 4.78 is 1.24. The molecule has 0 saturated carbocycles. The molecule has 1 aromatic carbocycles. The van der Waals surface area contributed by atoms with E-state index in [0.29, 0.717) is 12.1 Å². The van der Waals surface area contributed by atoms with Crippen LogP contribution in [0.3, 0.4) is 0 Å². The SMILES string of the molecule is Cc1cc2c(cc1Br)C[C@H]1CNC[C@@H](C)N21. The van der Waals surface area contributed by atoms with Crippen LogP contribution in [-0.2, 0) is 6.42 Å². The molecule has 2 atom stereocenters. The van der Waals surface area contributed by atoms with Gasteiger partial charge in [-0.1, -0.05) is 15.9 Å². The van der Waals surface area contributed by atoms with Gasteiger partial charge in [0.1, 0.15) is 0 Å². The zero-order valence-electron chi connectivity index (χ0n) is 9.76. The molecule has 0 amide bonds. The number of halogens is 1. The second kappa shape index (κ2) is 3.74. The molecule has 2 aliphatic rings. The molecule has 1 fully saturated rings. The topological polar surface area (TPSA) is 15.3 Å². The Morgan fingerprint density at radius 3 is 3.00 bits per heavy atom. The molecule has 3 heteroatoms. The second-order valence-corrected chi connectivity index (χ2v) is 5.86. The fourth-order valence-electron chi connectivity index (χ4n) is 2.99. The molecule has 0 aliphatic carbocycles. The van der Waals surface area contributed by atoms with Crippen LogP contribution in [0.15, 0.2) is 16.6 Å². The van der Waals surface area contributed by atoms with Gasteiger partial charge in [-0.25, -0.2) is 0 Å². The number of fused-ring (bicyclic) bond motifs is 3. The summed E-state index contributed by atoms with van der Waals surface area (Å²) in [6.07, 6.45) is 1.19. The number of piperazine rings is 1. The van der Waals surface area contributed by atoms with Crippen molar-refractivity contribution in [3.63, 3.8) is 0 Å². The lowest BCUT2D eigenvalue weighted by atomic mass is 10.1. The average Bonchev–Trinajstić information content (AvgIpc) is 2.58. The molecule has 1 N–H and O–H groups in total. The van der Waals surface area contributed by atoms with Crippen LogP contribution in [0.5, 0.6) is 0 Å². The fourth-order valence-corrected chi connectivity index (χ4v) is 3.38. The highest BCUT2D eigenvalue weighted by atomic mass is 79.9. The van der Waals surface area contributed by atoms with Gasteiger partial charge in [0, 0.05) is 35.3 Å². The first-order valence-corrected chi connectivity index (χ1v) is 6.74. The van der Waals surface area contributed by atoms with E-state index in [9.17, 15) is 0 Å². The molecule has 2 aliphatic heterocycles. The van der Waals surface area contributed by atoms with Crippen LogP contribution in [0.4, 0.5) is 5.69 Å². The standard InChI is InChI=1S/C13H17BrN2/c1-8-3-13-10(5-12(8)14)4-11-7-15-6-9(2)16(11)13/h3,5,9,11,15H,4,6-7H2,1-2H3/t9-,11+/m1/s1. The third-order valence-electron chi connectivity index (χ3n) is 3.78. The minimum atomic E-state index is 0.612. The summed E-state index contributed by atoms with van der Waals surface area (Å²) in [7, 11) is 0. The molecule has 16 heavy (non-hydrogen) atoms. The van der Waals surface area contributed by atoms with Gasteiger partial charge in [-0.2, -0.15) is 0 Å². The number of nitrogens with zero attached hydrogens (tertiary/aromatic N) is 1. The molecule has 2 nitrogen and oxygen atoms in total. The van der Waals surface area contributed by atoms with E-state index in [0.717, 1.165) is 13.1 Å². The maximum Gasteiger partial charge on any atom is 0.0459 e. The Morgan fingerprint density at radius 2 is 2.19 bits per heavy atom. The van der Waals surface area contributed by atoms with Crippen LogP contribution in [0.25, 0.3) is 0 Å². The van der Waals surface area contributed by atoms with E-state index >= 15 is 0 Å². The summed E-state index contributed by atoms with van der Waals surface area (Å²) in [4.78, 5) is 2.60. The third kappa shape index (κ3) is 1.49. The summed E-state index contributed by atoms with van der Waals surface area (Å²) in [6, 6.07) is 5.91. The van der Waals surface area contributed by atoms with Gasteiger partial charge in [-0.15, -0.1) is 0 Å². The molecule has 1 saturated heterocycles. The van der Waals surface area contributed by atoms with Crippen molar-refractivity contribution in [1.82, 2.24) is 5.32 Å². The molecular formula is C13H17BrN2. The van der Waals surface area contributed by atoms with Crippen LogP contribution < -0.4 is 10.2 Å². The van der Waals surface area contributed by atoms with Crippen molar-refractivity contribution in [3.05, 3.63) is 27.7 Å².